The molecule has 3 nitrogen and oxygen atoms in total. The fourth-order valence-electron chi connectivity index (χ4n) is 2.36. The third kappa shape index (κ3) is 3.39. The van der Waals surface area contributed by atoms with E-state index in [9.17, 15) is 0 Å². The molecule has 17 heavy (non-hydrogen) atoms. The SMILES string of the molecule is CC1CCC(CCl)(NCc2ncccn2)CC1. The van der Waals surface area contributed by atoms with Crippen LogP contribution in [0, 0.1) is 5.92 Å². The van der Waals surface area contributed by atoms with Crippen molar-refractivity contribution in [3.05, 3.63) is 24.3 Å². The minimum atomic E-state index is 0.0905. The molecule has 2 rings (SSSR count). The normalized spacial score (nSPS) is 29.2. The zero-order valence-corrected chi connectivity index (χ0v) is 11.1. The molecule has 0 amide bonds. The summed E-state index contributed by atoms with van der Waals surface area (Å²) in [5, 5.41) is 3.56. The maximum atomic E-state index is 6.15. The summed E-state index contributed by atoms with van der Waals surface area (Å²) < 4.78 is 0. The van der Waals surface area contributed by atoms with Crippen LogP contribution < -0.4 is 5.32 Å². The first-order valence-corrected chi connectivity index (χ1v) is 6.84. The Hall–Kier alpha value is -0.670. The molecule has 1 aliphatic rings. The fourth-order valence-corrected chi connectivity index (χ4v) is 2.72. The van der Waals surface area contributed by atoms with E-state index >= 15 is 0 Å². The van der Waals surface area contributed by atoms with Gasteiger partial charge in [0, 0.05) is 23.8 Å². The van der Waals surface area contributed by atoms with Crippen LogP contribution in [0.2, 0.25) is 0 Å². The van der Waals surface area contributed by atoms with Crippen LogP contribution in [0.4, 0.5) is 0 Å². The summed E-state index contributed by atoms with van der Waals surface area (Å²) in [4.78, 5) is 8.45. The molecule has 0 atom stereocenters. The molecule has 94 valence electrons. The van der Waals surface area contributed by atoms with Crippen LogP contribution in [-0.4, -0.2) is 21.4 Å². The summed E-state index contributed by atoms with van der Waals surface area (Å²) in [6.07, 6.45) is 8.39. The lowest BCUT2D eigenvalue weighted by molar-refractivity contribution is 0.214. The molecule has 0 spiro atoms. The van der Waals surface area contributed by atoms with E-state index in [0.29, 0.717) is 12.4 Å². The highest BCUT2D eigenvalue weighted by atomic mass is 35.5. The van der Waals surface area contributed by atoms with Crippen LogP contribution in [0.3, 0.4) is 0 Å². The fraction of sp³-hybridized carbons (Fsp3) is 0.692. The lowest BCUT2D eigenvalue weighted by Crippen LogP contribution is -2.49. The quantitative estimate of drug-likeness (QED) is 0.839. The average molecular weight is 254 g/mol. The van der Waals surface area contributed by atoms with Gasteiger partial charge in [-0.1, -0.05) is 6.92 Å². The first-order chi connectivity index (χ1) is 8.24. The van der Waals surface area contributed by atoms with Crippen molar-refractivity contribution in [3.8, 4) is 0 Å². The maximum Gasteiger partial charge on any atom is 0.141 e. The van der Waals surface area contributed by atoms with Crippen LogP contribution >= 0.6 is 11.6 Å². The summed E-state index contributed by atoms with van der Waals surface area (Å²) in [6, 6.07) is 1.84. The van der Waals surface area contributed by atoms with Crippen molar-refractivity contribution >= 4 is 11.6 Å². The van der Waals surface area contributed by atoms with Crippen LogP contribution in [0.1, 0.15) is 38.4 Å². The Bertz CT molecular complexity index is 334. The third-order valence-corrected chi connectivity index (χ3v) is 4.24. The number of alkyl halides is 1. The predicted molar refractivity (Wildman–Crippen MR) is 70.0 cm³/mol. The molecule has 0 bridgehead atoms. The van der Waals surface area contributed by atoms with Crippen LogP contribution in [0.15, 0.2) is 18.5 Å². The Balaban J connectivity index is 1.91. The van der Waals surface area contributed by atoms with E-state index in [1.165, 1.54) is 12.8 Å². The molecule has 1 heterocycles. The van der Waals surface area contributed by atoms with Gasteiger partial charge in [0.15, 0.2) is 0 Å². The monoisotopic (exact) mass is 253 g/mol. The van der Waals surface area contributed by atoms with Gasteiger partial charge >= 0.3 is 0 Å². The topological polar surface area (TPSA) is 37.8 Å². The van der Waals surface area contributed by atoms with Gasteiger partial charge in [0.2, 0.25) is 0 Å². The van der Waals surface area contributed by atoms with Crippen molar-refractivity contribution in [1.29, 1.82) is 0 Å². The lowest BCUT2D eigenvalue weighted by atomic mass is 9.78. The number of hydrogen-bond acceptors (Lipinski definition) is 3. The molecule has 1 N–H and O–H groups in total. The van der Waals surface area contributed by atoms with Crippen LogP contribution in [0.5, 0.6) is 0 Å². The highest BCUT2D eigenvalue weighted by Gasteiger charge is 2.32. The number of aromatic nitrogens is 2. The van der Waals surface area contributed by atoms with Crippen molar-refractivity contribution in [2.75, 3.05) is 5.88 Å². The highest BCUT2D eigenvalue weighted by Crippen LogP contribution is 2.32. The Kier molecular flexibility index (Phi) is 4.35. The molecule has 0 aliphatic heterocycles. The Morgan fingerprint density at radius 1 is 1.35 bits per heavy atom. The van der Waals surface area contributed by atoms with Crippen molar-refractivity contribution in [3.63, 3.8) is 0 Å². The second-order valence-corrected chi connectivity index (χ2v) is 5.38. The number of hydrogen-bond donors (Lipinski definition) is 1. The van der Waals surface area contributed by atoms with E-state index in [4.69, 9.17) is 11.6 Å². The van der Waals surface area contributed by atoms with Gasteiger partial charge in [0.25, 0.3) is 0 Å². The standard InChI is InChI=1S/C13H20ClN3/c1-11-3-5-13(10-14,6-4-11)17-9-12-15-7-2-8-16-12/h2,7-8,11,17H,3-6,9-10H2,1H3. The zero-order chi connectivity index (χ0) is 12.1. The Labute approximate surface area is 108 Å². The molecule has 0 aromatic carbocycles. The number of nitrogens with one attached hydrogen (secondary N) is 1. The van der Waals surface area contributed by atoms with Crippen molar-refractivity contribution in [1.82, 2.24) is 15.3 Å². The summed E-state index contributed by atoms with van der Waals surface area (Å²) >= 11 is 6.15. The summed E-state index contributed by atoms with van der Waals surface area (Å²) in [5.41, 5.74) is 0.0905. The minimum absolute atomic E-state index is 0.0905. The number of nitrogens with zero attached hydrogens (tertiary/aromatic N) is 2. The zero-order valence-electron chi connectivity index (χ0n) is 10.3. The molecule has 0 saturated heterocycles. The van der Waals surface area contributed by atoms with E-state index in [-0.39, 0.29) is 5.54 Å². The van der Waals surface area contributed by atoms with E-state index in [1.807, 2.05) is 6.07 Å². The van der Waals surface area contributed by atoms with Gasteiger partial charge in [-0.15, -0.1) is 11.6 Å². The molecule has 0 radical (unpaired) electrons. The minimum Gasteiger partial charge on any atom is -0.303 e. The molecule has 1 saturated carbocycles. The maximum absolute atomic E-state index is 6.15. The van der Waals surface area contributed by atoms with Crippen LogP contribution in [-0.2, 0) is 6.54 Å². The summed E-state index contributed by atoms with van der Waals surface area (Å²) in [5.74, 6) is 2.35. The van der Waals surface area contributed by atoms with Gasteiger partial charge in [-0.2, -0.15) is 0 Å². The second kappa shape index (κ2) is 5.78. The van der Waals surface area contributed by atoms with Crippen molar-refractivity contribution in [2.24, 2.45) is 5.92 Å². The predicted octanol–water partition coefficient (Wildman–Crippen LogP) is 2.75. The Morgan fingerprint density at radius 2 is 2.00 bits per heavy atom. The van der Waals surface area contributed by atoms with Crippen molar-refractivity contribution < 1.29 is 0 Å². The first kappa shape index (κ1) is 12.8. The molecule has 1 fully saturated rings. The first-order valence-electron chi connectivity index (χ1n) is 6.31. The molecular weight excluding hydrogens is 234 g/mol. The third-order valence-electron chi connectivity index (χ3n) is 3.73. The largest absolute Gasteiger partial charge is 0.303 e. The van der Waals surface area contributed by atoms with Crippen molar-refractivity contribution in [2.45, 2.75) is 44.7 Å². The molecular formula is C13H20ClN3. The van der Waals surface area contributed by atoms with Crippen LogP contribution in [0.25, 0.3) is 0 Å². The smallest absolute Gasteiger partial charge is 0.141 e. The van der Waals surface area contributed by atoms with E-state index in [2.05, 4.69) is 22.2 Å². The average Bonchev–Trinajstić information content (AvgIpc) is 2.40. The van der Waals surface area contributed by atoms with E-state index in [0.717, 1.165) is 24.6 Å². The lowest BCUT2D eigenvalue weighted by Gasteiger charge is -2.38. The summed E-state index contributed by atoms with van der Waals surface area (Å²) in [7, 11) is 0. The van der Waals surface area contributed by atoms with E-state index < -0.39 is 0 Å². The summed E-state index contributed by atoms with van der Waals surface area (Å²) in [6.45, 7) is 3.03. The Morgan fingerprint density at radius 3 is 2.59 bits per heavy atom. The molecule has 0 unspecified atom stereocenters. The van der Waals surface area contributed by atoms with Gasteiger partial charge in [-0.25, -0.2) is 9.97 Å². The highest BCUT2D eigenvalue weighted by molar-refractivity contribution is 6.18. The number of halogens is 1. The van der Waals surface area contributed by atoms with Gasteiger partial charge < -0.3 is 5.32 Å². The molecule has 1 aromatic heterocycles. The van der Waals surface area contributed by atoms with E-state index in [1.54, 1.807) is 12.4 Å². The molecule has 1 aromatic rings. The van der Waals surface area contributed by atoms with Gasteiger partial charge in [-0.05, 0) is 37.7 Å². The van der Waals surface area contributed by atoms with Gasteiger partial charge in [0.05, 0.1) is 6.54 Å². The van der Waals surface area contributed by atoms with Gasteiger partial charge in [-0.3, -0.25) is 0 Å². The molecule has 4 heteroatoms. The second-order valence-electron chi connectivity index (χ2n) is 5.12. The number of rotatable bonds is 4. The molecule has 1 aliphatic carbocycles. The van der Waals surface area contributed by atoms with Gasteiger partial charge in [0.1, 0.15) is 5.82 Å².